The van der Waals surface area contributed by atoms with E-state index in [2.05, 4.69) is 47.6 Å². The third kappa shape index (κ3) is 26.3. The average molecular weight is 507 g/mol. The molecular formula is C34H66O2. The van der Waals surface area contributed by atoms with Crippen molar-refractivity contribution in [2.45, 2.75) is 176 Å². The molecule has 0 radical (unpaired) electrons. The Morgan fingerprint density at radius 2 is 1.08 bits per heavy atom. The van der Waals surface area contributed by atoms with Gasteiger partial charge in [0.05, 0.1) is 0 Å². The summed E-state index contributed by atoms with van der Waals surface area (Å²) in [5, 5.41) is 0. The van der Waals surface area contributed by atoms with Crippen LogP contribution in [0, 0.1) is 17.8 Å². The highest BCUT2D eigenvalue weighted by molar-refractivity contribution is 5.69. The smallest absolute Gasteiger partial charge is 0.306 e. The van der Waals surface area contributed by atoms with Gasteiger partial charge in [0.2, 0.25) is 0 Å². The van der Waals surface area contributed by atoms with Gasteiger partial charge in [-0.05, 0) is 50.0 Å². The molecule has 0 aromatic heterocycles. The summed E-state index contributed by atoms with van der Waals surface area (Å²) in [6.45, 7) is 14.4. The second-order valence-electron chi connectivity index (χ2n) is 12.4. The fourth-order valence-corrected chi connectivity index (χ4v) is 5.09. The molecule has 0 aliphatic rings. The summed E-state index contributed by atoms with van der Waals surface area (Å²) < 4.78 is 5.43. The van der Waals surface area contributed by atoms with E-state index in [1.165, 1.54) is 115 Å². The molecule has 2 atom stereocenters. The van der Waals surface area contributed by atoms with Gasteiger partial charge in [0.1, 0.15) is 6.61 Å². The van der Waals surface area contributed by atoms with E-state index < -0.39 is 0 Å². The molecule has 0 aromatic carbocycles. The normalized spacial score (nSPS) is 13.8. The van der Waals surface area contributed by atoms with Crippen molar-refractivity contribution < 1.29 is 9.53 Å². The maximum atomic E-state index is 12.0. The zero-order chi connectivity index (χ0) is 26.9. The molecule has 2 unspecified atom stereocenters. The first-order valence-corrected chi connectivity index (χ1v) is 16.2. The molecule has 0 heterocycles. The van der Waals surface area contributed by atoms with Gasteiger partial charge in [-0.2, -0.15) is 0 Å². The zero-order valence-corrected chi connectivity index (χ0v) is 25.7. The van der Waals surface area contributed by atoms with Crippen molar-refractivity contribution in [1.29, 1.82) is 0 Å². The lowest BCUT2D eigenvalue weighted by molar-refractivity contribution is -0.142. The second kappa shape index (κ2) is 25.8. The Morgan fingerprint density at radius 1 is 0.611 bits per heavy atom. The third-order valence-corrected chi connectivity index (χ3v) is 7.80. The topological polar surface area (TPSA) is 26.3 Å². The summed E-state index contributed by atoms with van der Waals surface area (Å²) in [5.74, 6) is 2.53. The van der Waals surface area contributed by atoms with Gasteiger partial charge in [-0.15, -0.1) is 0 Å². The first kappa shape index (κ1) is 35.2. The first-order chi connectivity index (χ1) is 17.3. The number of allylic oxidation sites excluding steroid dienone is 1. The Kier molecular flexibility index (Phi) is 25.3. The van der Waals surface area contributed by atoms with Gasteiger partial charge in [-0.1, -0.05) is 149 Å². The molecule has 0 aliphatic heterocycles. The van der Waals surface area contributed by atoms with Crippen LogP contribution < -0.4 is 0 Å². The SMILES string of the molecule is CCCCCCCCCCCCCC(=O)OCC=C(C)CCCC(C)CCCC(C)CCCC(C)C. The predicted octanol–water partition coefficient (Wildman–Crippen LogP) is 11.6. The lowest BCUT2D eigenvalue weighted by atomic mass is 9.91. The Balaban J connectivity index is 3.59. The maximum Gasteiger partial charge on any atom is 0.306 e. The summed E-state index contributed by atoms with van der Waals surface area (Å²) >= 11 is 0. The van der Waals surface area contributed by atoms with Crippen molar-refractivity contribution in [3.63, 3.8) is 0 Å². The molecule has 0 bridgehead atoms. The van der Waals surface area contributed by atoms with Gasteiger partial charge in [-0.3, -0.25) is 4.79 Å². The molecule has 0 aliphatic carbocycles. The van der Waals surface area contributed by atoms with E-state index in [-0.39, 0.29) is 5.97 Å². The molecule has 2 heteroatoms. The molecule has 0 saturated heterocycles. The number of ether oxygens (including phenoxy) is 1. The molecule has 36 heavy (non-hydrogen) atoms. The van der Waals surface area contributed by atoms with Gasteiger partial charge >= 0.3 is 5.97 Å². The molecule has 0 fully saturated rings. The number of carbonyl (C=O) groups is 1. The Hall–Kier alpha value is -0.790. The van der Waals surface area contributed by atoms with Crippen LogP contribution in [0.4, 0.5) is 0 Å². The fraction of sp³-hybridized carbons (Fsp3) is 0.912. The van der Waals surface area contributed by atoms with Gasteiger partial charge in [0.15, 0.2) is 0 Å². The van der Waals surface area contributed by atoms with Crippen molar-refractivity contribution in [3.8, 4) is 0 Å². The highest BCUT2D eigenvalue weighted by atomic mass is 16.5. The van der Waals surface area contributed by atoms with Crippen LogP contribution in [0.15, 0.2) is 11.6 Å². The lowest BCUT2D eigenvalue weighted by Gasteiger charge is -2.15. The highest BCUT2D eigenvalue weighted by Crippen LogP contribution is 2.22. The van der Waals surface area contributed by atoms with Crippen molar-refractivity contribution in [1.82, 2.24) is 0 Å². The van der Waals surface area contributed by atoms with Gasteiger partial charge < -0.3 is 4.74 Å². The van der Waals surface area contributed by atoms with Crippen molar-refractivity contribution >= 4 is 5.97 Å². The van der Waals surface area contributed by atoms with Gasteiger partial charge in [0.25, 0.3) is 0 Å². The number of carbonyl (C=O) groups excluding carboxylic acids is 1. The lowest BCUT2D eigenvalue weighted by Crippen LogP contribution is -2.04. The van der Waals surface area contributed by atoms with E-state index in [9.17, 15) is 4.79 Å². The van der Waals surface area contributed by atoms with Crippen molar-refractivity contribution in [2.24, 2.45) is 17.8 Å². The standard InChI is InChI=1S/C34H66O2/c1-7-8-9-10-11-12-13-14-15-16-17-27-34(35)36-29-28-33(6)26-20-25-32(5)24-19-23-31(4)22-18-21-30(2)3/h28,30-32H,7-27,29H2,1-6H3. The van der Waals surface area contributed by atoms with Crippen LogP contribution in [0.2, 0.25) is 0 Å². The van der Waals surface area contributed by atoms with E-state index >= 15 is 0 Å². The summed E-state index contributed by atoms with van der Waals surface area (Å²) in [6, 6.07) is 0. The van der Waals surface area contributed by atoms with E-state index in [1.807, 2.05) is 0 Å². The maximum absolute atomic E-state index is 12.0. The number of unbranched alkanes of at least 4 members (excludes halogenated alkanes) is 10. The van der Waals surface area contributed by atoms with E-state index in [4.69, 9.17) is 4.74 Å². The van der Waals surface area contributed by atoms with E-state index in [0.717, 1.165) is 37.0 Å². The number of hydrogen-bond acceptors (Lipinski definition) is 2. The summed E-state index contributed by atoms with van der Waals surface area (Å²) in [6.07, 6.45) is 29.1. The largest absolute Gasteiger partial charge is 0.461 e. The minimum atomic E-state index is -0.0259. The molecular weight excluding hydrogens is 440 g/mol. The molecule has 0 amide bonds. The molecule has 0 N–H and O–H groups in total. The van der Waals surface area contributed by atoms with Crippen LogP contribution in [-0.4, -0.2) is 12.6 Å². The van der Waals surface area contributed by atoms with Crippen molar-refractivity contribution in [3.05, 3.63) is 11.6 Å². The highest BCUT2D eigenvalue weighted by Gasteiger charge is 2.07. The van der Waals surface area contributed by atoms with Crippen LogP contribution in [0.1, 0.15) is 176 Å². The minimum Gasteiger partial charge on any atom is -0.461 e. The van der Waals surface area contributed by atoms with E-state index in [0.29, 0.717) is 13.0 Å². The average Bonchev–Trinajstić information content (AvgIpc) is 2.82. The van der Waals surface area contributed by atoms with Crippen LogP contribution in [0.25, 0.3) is 0 Å². The molecule has 0 rings (SSSR count). The number of esters is 1. The minimum absolute atomic E-state index is 0.0259. The summed E-state index contributed by atoms with van der Waals surface area (Å²) in [4.78, 5) is 12.0. The monoisotopic (exact) mass is 507 g/mol. The van der Waals surface area contributed by atoms with Crippen LogP contribution >= 0.6 is 0 Å². The Morgan fingerprint density at radius 3 is 1.61 bits per heavy atom. The van der Waals surface area contributed by atoms with Crippen LogP contribution in [0.3, 0.4) is 0 Å². The third-order valence-electron chi connectivity index (χ3n) is 7.80. The van der Waals surface area contributed by atoms with Crippen LogP contribution in [-0.2, 0) is 9.53 Å². The molecule has 214 valence electrons. The second-order valence-corrected chi connectivity index (χ2v) is 12.4. The Bertz CT molecular complexity index is 507. The van der Waals surface area contributed by atoms with Gasteiger partial charge in [0, 0.05) is 6.42 Å². The molecule has 2 nitrogen and oxygen atoms in total. The number of hydrogen-bond donors (Lipinski definition) is 0. The van der Waals surface area contributed by atoms with Crippen molar-refractivity contribution in [2.75, 3.05) is 6.61 Å². The molecule has 0 spiro atoms. The summed E-state index contributed by atoms with van der Waals surface area (Å²) in [5.41, 5.74) is 1.36. The Labute approximate surface area is 227 Å². The predicted molar refractivity (Wildman–Crippen MR) is 161 cm³/mol. The first-order valence-electron chi connectivity index (χ1n) is 16.2. The summed E-state index contributed by atoms with van der Waals surface area (Å²) in [7, 11) is 0. The quantitative estimate of drug-likeness (QED) is 0.0662. The van der Waals surface area contributed by atoms with E-state index in [1.54, 1.807) is 0 Å². The zero-order valence-electron chi connectivity index (χ0n) is 25.7. The number of rotatable bonds is 26. The van der Waals surface area contributed by atoms with Gasteiger partial charge in [-0.25, -0.2) is 0 Å². The molecule has 0 saturated carbocycles. The molecule has 0 aromatic rings. The van der Waals surface area contributed by atoms with Crippen LogP contribution in [0.5, 0.6) is 0 Å². The fourth-order valence-electron chi connectivity index (χ4n) is 5.09.